The number of aromatic amines is 1. The fourth-order valence-electron chi connectivity index (χ4n) is 2.16. The van der Waals surface area contributed by atoms with Crippen LogP contribution in [0.25, 0.3) is 11.2 Å². The lowest BCUT2D eigenvalue weighted by Gasteiger charge is -2.16. The number of aromatic nitrogens is 4. The molecule has 102 valence electrons. The van der Waals surface area contributed by atoms with Gasteiger partial charge in [-0.05, 0) is 6.92 Å². The minimum atomic E-state index is -1.13. The maximum Gasteiger partial charge on any atom is 0.289 e. The number of imidazole rings is 1. The second kappa shape index (κ2) is 4.30. The highest BCUT2D eigenvalue weighted by molar-refractivity contribution is 7.71. The van der Waals surface area contributed by atoms with Gasteiger partial charge in [-0.25, -0.2) is 4.98 Å². The van der Waals surface area contributed by atoms with Gasteiger partial charge in [0.05, 0.1) is 12.4 Å². The molecule has 1 aliphatic heterocycles. The number of hydrogen-bond donors (Lipinski definition) is 3. The second-order valence-corrected chi connectivity index (χ2v) is 4.78. The molecule has 0 amide bonds. The van der Waals surface area contributed by atoms with E-state index in [-0.39, 0.29) is 10.3 Å². The minimum absolute atomic E-state index is 0.0195. The van der Waals surface area contributed by atoms with Crippen LogP contribution in [0.1, 0.15) is 13.2 Å². The first-order valence-corrected chi connectivity index (χ1v) is 6.04. The van der Waals surface area contributed by atoms with Crippen molar-refractivity contribution in [3.05, 3.63) is 17.0 Å². The summed E-state index contributed by atoms with van der Waals surface area (Å²) in [4.78, 5) is 9.86. The molecule has 9 heteroatoms. The zero-order chi connectivity index (χ0) is 13.7. The summed E-state index contributed by atoms with van der Waals surface area (Å²) in [5, 5.41) is 19.6. The van der Waals surface area contributed by atoms with Crippen LogP contribution in [0.3, 0.4) is 0 Å². The third-order valence-corrected chi connectivity index (χ3v) is 3.45. The van der Waals surface area contributed by atoms with Crippen LogP contribution < -0.4 is 0 Å². The Balaban J connectivity index is 2.14. The van der Waals surface area contributed by atoms with Crippen LogP contribution in [0.2, 0.25) is 0 Å². The Hall–Kier alpha value is -1.42. The smallest absolute Gasteiger partial charge is 0.289 e. The molecule has 0 unspecified atom stereocenters. The molecule has 0 aromatic carbocycles. The number of fused-ring (bicyclic) bond motifs is 1. The lowest BCUT2D eigenvalue weighted by atomic mass is 10.1. The van der Waals surface area contributed by atoms with E-state index in [1.807, 2.05) is 0 Å². The number of hydrogen-bond acceptors (Lipinski definition) is 6. The molecule has 3 N–H and O–H groups in total. The van der Waals surface area contributed by atoms with E-state index in [4.69, 9.17) is 17.0 Å². The molecule has 3 heterocycles. The molecule has 1 saturated heterocycles. The topological polar surface area (TPSA) is 96.2 Å². The van der Waals surface area contributed by atoms with Crippen molar-refractivity contribution >= 4 is 23.4 Å². The molecule has 4 atom stereocenters. The van der Waals surface area contributed by atoms with Crippen LogP contribution in [0, 0.1) is 10.7 Å². The number of rotatable bonds is 1. The van der Waals surface area contributed by atoms with Crippen molar-refractivity contribution in [2.24, 2.45) is 0 Å². The van der Waals surface area contributed by atoms with Gasteiger partial charge >= 0.3 is 0 Å². The molecule has 3 rings (SSSR count). The van der Waals surface area contributed by atoms with Crippen molar-refractivity contribution < 1.29 is 19.3 Å². The summed E-state index contributed by atoms with van der Waals surface area (Å²) in [6, 6.07) is 0. The number of halogens is 1. The van der Waals surface area contributed by atoms with Crippen molar-refractivity contribution in [1.82, 2.24) is 19.5 Å². The average Bonchev–Trinajstić information content (AvgIpc) is 2.86. The molecule has 0 spiro atoms. The van der Waals surface area contributed by atoms with Gasteiger partial charge in [-0.1, -0.05) is 12.2 Å². The van der Waals surface area contributed by atoms with Gasteiger partial charge in [-0.2, -0.15) is 9.37 Å². The molecule has 1 aliphatic rings. The standard InChI is InChI=1S/C10H11FN4O3S/c1-3-5(16)6(17)9(18-3)15-2-12-4-7(15)13-10(11)14-8(4)19/h2-3,5-6,9,16-17H,1H3,(H,13,14,19)/t3-,5-,6-,9-/m1/s1. The van der Waals surface area contributed by atoms with Gasteiger partial charge in [-0.15, -0.1) is 0 Å². The third kappa shape index (κ3) is 1.86. The predicted molar refractivity (Wildman–Crippen MR) is 64.3 cm³/mol. The number of nitrogens with one attached hydrogen (secondary N) is 1. The number of ether oxygens (including phenoxy) is 1. The summed E-state index contributed by atoms with van der Waals surface area (Å²) in [7, 11) is 0. The molecule has 0 saturated carbocycles. The Bertz CT molecular complexity index is 687. The number of nitrogens with zero attached hydrogens (tertiary/aromatic N) is 3. The molecule has 7 nitrogen and oxygen atoms in total. The number of H-pyrrole nitrogens is 1. The van der Waals surface area contributed by atoms with Gasteiger partial charge in [-0.3, -0.25) is 9.55 Å². The Labute approximate surface area is 111 Å². The van der Waals surface area contributed by atoms with Gasteiger partial charge < -0.3 is 14.9 Å². The van der Waals surface area contributed by atoms with E-state index in [2.05, 4.69) is 15.0 Å². The van der Waals surface area contributed by atoms with Crippen LogP contribution in [0.15, 0.2) is 6.33 Å². The normalized spacial score (nSPS) is 31.2. The Morgan fingerprint density at radius 2 is 2.21 bits per heavy atom. The second-order valence-electron chi connectivity index (χ2n) is 4.39. The van der Waals surface area contributed by atoms with E-state index in [0.717, 1.165) is 0 Å². The fourth-order valence-corrected chi connectivity index (χ4v) is 2.39. The lowest BCUT2D eigenvalue weighted by molar-refractivity contribution is -0.0300. The maximum absolute atomic E-state index is 13.3. The average molecular weight is 286 g/mol. The largest absolute Gasteiger partial charge is 0.388 e. The van der Waals surface area contributed by atoms with Crippen molar-refractivity contribution in [3.8, 4) is 0 Å². The summed E-state index contributed by atoms with van der Waals surface area (Å²) in [6.45, 7) is 1.64. The van der Waals surface area contributed by atoms with Gasteiger partial charge in [0, 0.05) is 0 Å². The molecule has 2 aromatic rings. The van der Waals surface area contributed by atoms with Gasteiger partial charge in [0.1, 0.15) is 23.4 Å². The summed E-state index contributed by atoms with van der Waals surface area (Å²) < 4.78 is 20.1. The summed E-state index contributed by atoms with van der Waals surface area (Å²) >= 11 is 4.91. The summed E-state index contributed by atoms with van der Waals surface area (Å²) in [5.74, 6) is 0. The minimum Gasteiger partial charge on any atom is -0.388 e. The lowest BCUT2D eigenvalue weighted by Crippen LogP contribution is -2.30. The van der Waals surface area contributed by atoms with Crippen molar-refractivity contribution in [3.63, 3.8) is 0 Å². The molecular formula is C10H11FN4O3S. The van der Waals surface area contributed by atoms with E-state index in [1.54, 1.807) is 6.92 Å². The summed E-state index contributed by atoms with van der Waals surface area (Å²) in [5.41, 5.74) is 0.559. The SMILES string of the molecule is C[C@H]1O[C@@H](n2cnc3c(=S)nc(F)[nH]c32)[C@H](O)[C@@H]1O. The summed E-state index contributed by atoms with van der Waals surface area (Å²) in [6.07, 6.45) is -3.03. The molecule has 0 radical (unpaired) electrons. The third-order valence-electron chi connectivity index (χ3n) is 3.17. The van der Waals surface area contributed by atoms with Crippen LogP contribution in [-0.4, -0.2) is 48.0 Å². The maximum atomic E-state index is 13.3. The van der Waals surface area contributed by atoms with E-state index in [1.165, 1.54) is 10.9 Å². The van der Waals surface area contributed by atoms with E-state index in [0.29, 0.717) is 5.52 Å². The van der Waals surface area contributed by atoms with Crippen LogP contribution >= 0.6 is 12.2 Å². The first kappa shape index (κ1) is 12.6. The molecule has 0 bridgehead atoms. The van der Waals surface area contributed by atoms with Crippen LogP contribution in [0.4, 0.5) is 4.39 Å². The zero-order valence-electron chi connectivity index (χ0n) is 9.82. The van der Waals surface area contributed by atoms with Crippen molar-refractivity contribution in [2.75, 3.05) is 0 Å². The van der Waals surface area contributed by atoms with Crippen molar-refractivity contribution in [1.29, 1.82) is 0 Å². The highest BCUT2D eigenvalue weighted by atomic mass is 32.1. The Kier molecular flexibility index (Phi) is 2.86. The molecule has 19 heavy (non-hydrogen) atoms. The molecule has 1 fully saturated rings. The van der Waals surface area contributed by atoms with Crippen LogP contribution in [0.5, 0.6) is 0 Å². The van der Waals surface area contributed by atoms with E-state index < -0.39 is 30.6 Å². The Morgan fingerprint density at radius 1 is 1.47 bits per heavy atom. The zero-order valence-corrected chi connectivity index (χ0v) is 10.6. The van der Waals surface area contributed by atoms with Gasteiger partial charge in [0.25, 0.3) is 6.08 Å². The monoisotopic (exact) mass is 286 g/mol. The van der Waals surface area contributed by atoms with Crippen LogP contribution in [-0.2, 0) is 4.74 Å². The van der Waals surface area contributed by atoms with Gasteiger partial charge in [0.15, 0.2) is 10.9 Å². The highest BCUT2D eigenvalue weighted by Gasteiger charge is 2.41. The first-order valence-electron chi connectivity index (χ1n) is 5.63. The number of aliphatic hydroxyl groups is 2. The number of aliphatic hydroxyl groups excluding tert-OH is 2. The van der Waals surface area contributed by atoms with Crippen molar-refractivity contribution in [2.45, 2.75) is 31.5 Å². The molecule has 2 aromatic heterocycles. The van der Waals surface area contributed by atoms with E-state index in [9.17, 15) is 14.6 Å². The Morgan fingerprint density at radius 3 is 2.84 bits per heavy atom. The molecule has 0 aliphatic carbocycles. The van der Waals surface area contributed by atoms with E-state index >= 15 is 0 Å². The van der Waals surface area contributed by atoms with Gasteiger partial charge in [0.2, 0.25) is 0 Å². The molecular weight excluding hydrogens is 275 g/mol. The quantitative estimate of drug-likeness (QED) is 0.514. The first-order chi connectivity index (χ1) is 8.99. The highest BCUT2D eigenvalue weighted by Crippen LogP contribution is 2.31. The predicted octanol–water partition coefficient (Wildman–Crippen LogP) is 0.267. The fraction of sp³-hybridized carbons (Fsp3) is 0.500.